The minimum absolute atomic E-state index is 0.468. The Kier molecular flexibility index (Phi) is 2.91. The molecule has 1 aromatic rings. The summed E-state index contributed by atoms with van der Waals surface area (Å²) in [4.78, 5) is 2.54. The molecule has 2 aliphatic rings. The summed E-state index contributed by atoms with van der Waals surface area (Å²) in [5, 5.41) is 10.1. The average Bonchev–Trinajstić information content (AvgIpc) is 2.87. The van der Waals surface area contributed by atoms with Gasteiger partial charge in [0.25, 0.3) is 0 Å². The second-order valence-corrected chi connectivity index (χ2v) is 6.41. The third-order valence-corrected chi connectivity index (χ3v) is 4.70. The first-order chi connectivity index (χ1) is 8.13. The van der Waals surface area contributed by atoms with Crippen molar-refractivity contribution in [1.29, 1.82) is 0 Å². The van der Waals surface area contributed by atoms with Crippen LogP contribution in [0.4, 0.5) is 0 Å². The summed E-state index contributed by atoms with van der Waals surface area (Å²) in [6, 6.07) is 4.78. The van der Waals surface area contributed by atoms with Gasteiger partial charge in [0.15, 0.2) is 0 Å². The van der Waals surface area contributed by atoms with Crippen LogP contribution in [0.15, 0.2) is 16.6 Å². The van der Waals surface area contributed by atoms with Crippen molar-refractivity contribution in [3.63, 3.8) is 0 Å². The number of hydrogen-bond acceptors (Lipinski definition) is 2. The first-order valence-corrected chi connectivity index (χ1v) is 7.15. The molecule has 1 saturated heterocycles. The lowest BCUT2D eigenvalue weighted by molar-refractivity contribution is 0.203. The van der Waals surface area contributed by atoms with Crippen molar-refractivity contribution in [2.75, 3.05) is 6.54 Å². The van der Waals surface area contributed by atoms with Crippen LogP contribution in [-0.4, -0.2) is 22.6 Å². The molecule has 2 bridgehead atoms. The Morgan fingerprint density at radius 2 is 2.24 bits per heavy atom. The SMILES string of the molecule is Cc1cc(Br)cc(CN2CC3CCC2C3)c1O. The van der Waals surface area contributed by atoms with Crippen LogP contribution in [0.3, 0.4) is 0 Å². The van der Waals surface area contributed by atoms with Crippen LogP contribution >= 0.6 is 15.9 Å². The van der Waals surface area contributed by atoms with Crippen LogP contribution in [0.1, 0.15) is 30.4 Å². The van der Waals surface area contributed by atoms with Crippen molar-refractivity contribution in [2.24, 2.45) is 5.92 Å². The highest BCUT2D eigenvalue weighted by molar-refractivity contribution is 9.10. The summed E-state index contributed by atoms with van der Waals surface area (Å²) in [5.41, 5.74) is 2.02. The minimum atomic E-state index is 0.468. The number of likely N-dealkylation sites (tertiary alicyclic amines) is 1. The number of phenolic OH excluding ortho intramolecular Hbond substituents is 1. The van der Waals surface area contributed by atoms with E-state index >= 15 is 0 Å². The van der Waals surface area contributed by atoms with Crippen LogP contribution in [0.5, 0.6) is 5.75 Å². The van der Waals surface area contributed by atoms with Gasteiger partial charge in [0.2, 0.25) is 0 Å². The second-order valence-electron chi connectivity index (χ2n) is 5.49. The molecule has 3 heteroatoms. The summed E-state index contributed by atoms with van der Waals surface area (Å²) in [6.45, 7) is 4.07. The van der Waals surface area contributed by atoms with Gasteiger partial charge in [0.05, 0.1) is 0 Å². The molecule has 0 aromatic heterocycles. The van der Waals surface area contributed by atoms with Gasteiger partial charge in [-0.1, -0.05) is 15.9 Å². The molecule has 1 aliphatic carbocycles. The van der Waals surface area contributed by atoms with E-state index in [0.717, 1.165) is 34.1 Å². The largest absolute Gasteiger partial charge is 0.507 e. The third kappa shape index (κ3) is 2.11. The van der Waals surface area contributed by atoms with E-state index in [0.29, 0.717) is 5.75 Å². The number of halogens is 1. The van der Waals surface area contributed by atoms with Crippen LogP contribution < -0.4 is 0 Å². The highest BCUT2D eigenvalue weighted by atomic mass is 79.9. The fraction of sp³-hybridized carbons (Fsp3) is 0.571. The van der Waals surface area contributed by atoms with Crippen molar-refractivity contribution in [2.45, 2.75) is 38.8 Å². The van der Waals surface area contributed by atoms with Gasteiger partial charge in [-0.15, -0.1) is 0 Å². The number of hydrogen-bond donors (Lipinski definition) is 1. The van der Waals surface area contributed by atoms with E-state index in [2.05, 4.69) is 20.8 Å². The minimum Gasteiger partial charge on any atom is -0.507 e. The summed E-state index contributed by atoms with van der Waals surface area (Å²) >= 11 is 3.51. The number of aromatic hydroxyl groups is 1. The van der Waals surface area contributed by atoms with Crippen LogP contribution in [0, 0.1) is 12.8 Å². The molecule has 2 atom stereocenters. The van der Waals surface area contributed by atoms with Crippen molar-refractivity contribution in [1.82, 2.24) is 4.90 Å². The molecule has 3 rings (SSSR count). The molecule has 1 saturated carbocycles. The number of piperidine rings is 1. The maximum Gasteiger partial charge on any atom is 0.123 e. The van der Waals surface area contributed by atoms with Gasteiger partial charge in [-0.3, -0.25) is 4.90 Å². The molecule has 2 fully saturated rings. The summed E-state index contributed by atoms with van der Waals surface area (Å²) in [7, 11) is 0. The quantitative estimate of drug-likeness (QED) is 0.903. The lowest BCUT2D eigenvalue weighted by Gasteiger charge is -2.27. The van der Waals surface area contributed by atoms with E-state index in [-0.39, 0.29) is 0 Å². The van der Waals surface area contributed by atoms with Gasteiger partial charge in [-0.25, -0.2) is 0 Å². The van der Waals surface area contributed by atoms with Crippen molar-refractivity contribution in [3.8, 4) is 5.75 Å². The maximum atomic E-state index is 10.1. The fourth-order valence-electron chi connectivity index (χ4n) is 3.36. The molecule has 1 aliphatic heterocycles. The second kappa shape index (κ2) is 4.29. The predicted octanol–water partition coefficient (Wildman–Crippen LogP) is 3.45. The molecule has 1 aromatic carbocycles. The first kappa shape index (κ1) is 11.5. The predicted molar refractivity (Wildman–Crippen MR) is 72.1 cm³/mol. The number of benzene rings is 1. The Hall–Kier alpha value is -0.540. The number of aryl methyl sites for hydroxylation is 1. The Balaban J connectivity index is 1.81. The molecule has 1 N–H and O–H groups in total. The van der Waals surface area contributed by atoms with E-state index < -0.39 is 0 Å². The molecule has 17 heavy (non-hydrogen) atoms. The van der Waals surface area contributed by atoms with Gasteiger partial charge < -0.3 is 5.11 Å². The molecular formula is C14H18BrNO. The van der Waals surface area contributed by atoms with Gasteiger partial charge in [-0.2, -0.15) is 0 Å². The van der Waals surface area contributed by atoms with E-state index in [9.17, 15) is 5.11 Å². The first-order valence-electron chi connectivity index (χ1n) is 6.35. The van der Waals surface area contributed by atoms with Crippen molar-refractivity contribution >= 4 is 15.9 Å². The third-order valence-electron chi connectivity index (χ3n) is 4.24. The molecule has 0 spiro atoms. The molecule has 92 valence electrons. The zero-order valence-corrected chi connectivity index (χ0v) is 11.7. The summed E-state index contributed by atoms with van der Waals surface area (Å²) in [5.74, 6) is 1.38. The van der Waals surface area contributed by atoms with Crippen LogP contribution in [0.25, 0.3) is 0 Å². The monoisotopic (exact) mass is 295 g/mol. The number of rotatable bonds is 2. The highest BCUT2D eigenvalue weighted by Crippen LogP contribution is 2.39. The lowest BCUT2D eigenvalue weighted by atomic mass is 10.1. The Labute approximate surface area is 111 Å². The van der Waals surface area contributed by atoms with Gasteiger partial charge in [0, 0.05) is 29.2 Å². The summed E-state index contributed by atoms with van der Waals surface area (Å²) in [6.07, 6.45) is 4.12. The molecule has 2 unspecified atom stereocenters. The topological polar surface area (TPSA) is 23.5 Å². The van der Waals surface area contributed by atoms with E-state index in [1.807, 2.05) is 19.1 Å². The number of fused-ring (bicyclic) bond motifs is 2. The maximum absolute atomic E-state index is 10.1. The Bertz CT molecular complexity index is 446. The zero-order valence-electron chi connectivity index (χ0n) is 10.1. The van der Waals surface area contributed by atoms with Crippen molar-refractivity contribution in [3.05, 3.63) is 27.7 Å². The van der Waals surface area contributed by atoms with Gasteiger partial charge in [0.1, 0.15) is 5.75 Å². The normalized spacial score (nSPS) is 27.9. The van der Waals surface area contributed by atoms with E-state index in [1.54, 1.807) is 0 Å². The molecular weight excluding hydrogens is 278 g/mol. The van der Waals surface area contributed by atoms with Crippen LogP contribution in [0.2, 0.25) is 0 Å². The molecule has 1 heterocycles. The van der Waals surface area contributed by atoms with Crippen molar-refractivity contribution < 1.29 is 5.11 Å². The Morgan fingerprint density at radius 3 is 2.88 bits per heavy atom. The van der Waals surface area contributed by atoms with Gasteiger partial charge in [-0.05, 0) is 49.8 Å². The van der Waals surface area contributed by atoms with Crippen LogP contribution in [-0.2, 0) is 6.54 Å². The molecule has 0 radical (unpaired) electrons. The number of phenols is 1. The molecule has 2 nitrogen and oxygen atoms in total. The Morgan fingerprint density at radius 1 is 1.41 bits per heavy atom. The standard InChI is InChI=1S/C14H18BrNO/c1-9-4-12(15)6-11(14(9)17)8-16-7-10-2-3-13(16)5-10/h4,6,10,13,17H,2-3,5,7-8H2,1H3. The van der Waals surface area contributed by atoms with E-state index in [1.165, 1.54) is 25.8 Å². The molecule has 0 amide bonds. The average molecular weight is 296 g/mol. The summed E-state index contributed by atoms with van der Waals surface area (Å²) < 4.78 is 1.06. The lowest BCUT2D eigenvalue weighted by Crippen LogP contribution is -2.31. The zero-order chi connectivity index (χ0) is 12.0. The number of nitrogens with zero attached hydrogens (tertiary/aromatic N) is 1. The van der Waals surface area contributed by atoms with E-state index in [4.69, 9.17) is 0 Å². The smallest absolute Gasteiger partial charge is 0.123 e. The highest BCUT2D eigenvalue weighted by Gasteiger charge is 2.37. The van der Waals surface area contributed by atoms with Gasteiger partial charge >= 0.3 is 0 Å². The fourth-order valence-corrected chi connectivity index (χ4v) is 3.98.